The van der Waals surface area contributed by atoms with Gasteiger partial charge in [-0.3, -0.25) is 19.3 Å². The Morgan fingerprint density at radius 2 is 1.96 bits per heavy atom. The molecule has 0 spiro atoms. The third-order valence-corrected chi connectivity index (χ3v) is 3.57. The number of aliphatic hydroxyl groups excluding tert-OH is 4. The molecular formula is C12H17N3O8. The van der Waals surface area contributed by atoms with E-state index in [-0.39, 0.29) is 5.56 Å². The largest absolute Gasteiger partial charge is 0.494 e. The summed E-state index contributed by atoms with van der Waals surface area (Å²) in [5.41, 5.74) is -2.11. The van der Waals surface area contributed by atoms with Gasteiger partial charge in [-0.1, -0.05) is 0 Å². The van der Waals surface area contributed by atoms with E-state index in [2.05, 4.69) is 4.99 Å². The number of aromatic hydroxyl groups is 1. The minimum atomic E-state index is -1.64. The molecule has 5 atom stereocenters. The van der Waals surface area contributed by atoms with E-state index >= 15 is 0 Å². The van der Waals surface area contributed by atoms with Crippen molar-refractivity contribution >= 4 is 6.21 Å². The Kier molecular flexibility index (Phi) is 4.97. The summed E-state index contributed by atoms with van der Waals surface area (Å²) in [5.74, 6) is -0.656. The van der Waals surface area contributed by atoms with Crippen LogP contribution < -0.4 is 11.2 Å². The van der Waals surface area contributed by atoms with Crippen LogP contribution in [0.2, 0.25) is 0 Å². The van der Waals surface area contributed by atoms with Crippen LogP contribution in [0, 0.1) is 0 Å². The van der Waals surface area contributed by atoms with E-state index in [1.165, 1.54) is 7.05 Å². The average molecular weight is 331 g/mol. The van der Waals surface area contributed by atoms with E-state index in [0.29, 0.717) is 0 Å². The molecule has 0 amide bonds. The number of H-pyrrole nitrogens is 1. The predicted octanol–water partition coefficient (Wildman–Crippen LogP) is -4.00. The molecule has 1 saturated heterocycles. The van der Waals surface area contributed by atoms with Gasteiger partial charge in [0.25, 0.3) is 5.56 Å². The zero-order chi connectivity index (χ0) is 17.3. The molecule has 0 radical (unpaired) electrons. The SMILES string of the molecule is Cn1c(O)c(C=N[C@H]2[C@H](O)[C@H](O)[C@@H](CO)O[C@H]2O)c(=O)[nH]c1=O. The fourth-order valence-corrected chi connectivity index (χ4v) is 2.15. The van der Waals surface area contributed by atoms with Crippen LogP contribution in [0.15, 0.2) is 14.6 Å². The van der Waals surface area contributed by atoms with Crippen molar-refractivity contribution in [3.63, 3.8) is 0 Å². The summed E-state index contributed by atoms with van der Waals surface area (Å²) >= 11 is 0. The topological polar surface area (TPSA) is 178 Å². The van der Waals surface area contributed by atoms with Crippen molar-refractivity contribution in [2.75, 3.05) is 6.61 Å². The van der Waals surface area contributed by atoms with Gasteiger partial charge in [-0.05, 0) is 0 Å². The summed E-state index contributed by atoms with van der Waals surface area (Å²) in [7, 11) is 1.22. The fourth-order valence-electron chi connectivity index (χ4n) is 2.15. The summed E-state index contributed by atoms with van der Waals surface area (Å²) in [6.45, 7) is -0.618. The smallest absolute Gasteiger partial charge is 0.330 e. The van der Waals surface area contributed by atoms with E-state index in [9.17, 15) is 30.0 Å². The van der Waals surface area contributed by atoms with Crippen LogP contribution in [0.3, 0.4) is 0 Å². The van der Waals surface area contributed by atoms with Gasteiger partial charge in [0.2, 0.25) is 5.88 Å². The monoisotopic (exact) mass is 331 g/mol. The number of ether oxygens (including phenoxy) is 1. The van der Waals surface area contributed by atoms with Crippen molar-refractivity contribution in [2.45, 2.75) is 30.6 Å². The number of nitrogens with zero attached hydrogens (tertiary/aromatic N) is 2. The van der Waals surface area contributed by atoms with Crippen LogP contribution in [0.4, 0.5) is 0 Å². The van der Waals surface area contributed by atoms with Gasteiger partial charge in [0.05, 0.1) is 6.61 Å². The summed E-state index contributed by atoms with van der Waals surface area (Å²) in [4.78, 5) is 28.6. The highest BCUT2D eigenvalue weighted by Gasteiger charge is 2.43. The number of aliphatic hydroxyl groups is 4. The number of aliphatic imine (C=N–C) groups is 1. The molecule has 2 rings (SSSR count). The second kappa shape index (κ2) is 6.60. The summed E-state index contributed by atoms with van der Waals surface area (Å²) in [5, 5.41) is 48.1. The van der Waals surface area contributed by atoms with Crippen molar-refractivity contribution in [1.29, 1.82) is 0 Å². The lowest BCUT2D eigenvalue weighted by atomic mass is 9.97. The third-order valence-electron chi connectivity index (χ3n) is 3.57. The maximum absolute atomic E-state index is 11.7. The summed E-state index contributed by atoms with van der Waals surface area (Å²) < 4.78 is 5.67. The van der Waals surface area contributed by atoms with Crippen LogP contribution in [-0.4, -0.2) is 78.5 Å². The van der Waals surface area contributed by atoms with Crippen LogP contribution in [0.5, 0.6) is 5.88 Å². The molecular weight excluding hydrogens is 314 g/mol. The average Bonchev–Trinajstić information content (AvgIpc) is 2.51. The number of nitrogens with one attached hydrogen (secondary N) is 1. The second-order valence-corrected chi connectivity index (χ2v) is 5.05. The van der Waals surface area contributed by atoms with Crippen molar-refractivity contribution in [1.82, 2.24) is 9.55 Å². The van der Waals surface area contributed by atoms with Crippen molar-refractivity contribution in [2.24, 2.45) is 12.0 Å². The Morgan fingerprint density at radius 1 is 1.30 bits per heavy atom. The Morgan fingerprint density at radius 3 is 2.57 bits per heavy atom. The van der Waals surface area contributed by atoms with Crippen LogP contribution in [-0.2, 0) is 11.8 Å². The Balaban J connectivity index is 2.32. The standard InChI is InChI=1S/C12H17N3O8/c1-15-10(20)4(9(19)14-12(15)22)2-13-6-8(18)7(17)5(3-16)23-11(6)21/h2,5-8,11,16-18,20-21H,3H2,1H3,(H,14,19,22)/t5-,6+,7-,8+,11-/m1/s1. The van der Waals surface area contributed by atoms with Crippen molar-refractivity contribution in [3.05, 3.63) is 26.4 Å². The summed E-state index contributed by atoms with van der Waals surface area (Å²) in [6.07, 6.45) is -5.05. The molecule has 11 nitrogen and oxygen atoms in total. The Bertz CT molecular complexity index is 711. The molecule has 1 aromatic heterocycles. The quantitative estimate of drug-likeness (QED) is 0.303. The second-order valence-electron chi connectivity index (χ2n) is 5.05. The van der Waals surface area contributed by atoms with Gasteiger partial charge < -0.3 is 30.3 Å². The molecule has 23 heavy (non-hydrogen) atoms. The maximum atomic E-state index is 11.7. The first-order valence-corrected chi connectivity index (χ1v) is 6.64. The van der Waals surface area contributed by atoms with Crippen LogP contribution >= 0.6 is 0 Å². The molecule has 2 heterocycles. The minimum absolute atomic E-state index is 0.370. The third kappa shape index (κ3) is 3.18. The van der Waals surface area contributed by atoms with Gasteiger partial charge in [0, 0.05) is 13.3 Å². The number of aromatic amines is 1. The number of hydrogen-bond donors (Lipinski definition) is 6. The molecule has 128 valence electrons. The van der Waals surface area contributed by atoms with Gasteiger partial charge in [-0.2, -0.15) is 0 Å². The van der Waals surface area contributed by atoms with Gasteiger partial charge in [0.1, 0.15) is 29.9 Å². The van der Waals surface area contributed by atoms with E-state index in [0.717, 1.165) is 10.8 Å². The fraction of sp³-hybridized carbons (Fsp3) is 0.583. The van der Waals surface area contributed by atoms with E-state index < -0.39 is 54.4 Å². The molecule has 0 aliphatic carbocycles. The molecule has 0 bridgehead atoms. The molecule has 6 N–H and O–H groups in total. The van der Waals surface area contributed by atoms with Crippen LogP contribution in [0.1, 0.15) is 5.56 Å². The zero-order valence-electron chi connectivity index (χ0n) is 12.0. The van der Waals surface area contributed by atoms with Gasteiger partial charge in [-0.25, -0.2) is 4.79 Å². The highest BCUT2D eigenvalue weighted by Crippen LogP contribution is 2.22. The van der Waals surface area contributed by atoms with E-state index in [1.807, 2.05) is 4.98 Å². The number of aromatic nitrogens is 2. The molecule has 11 heteroatoms. The first-order valence-electron chi connectivity index (χ1n) is 6.64. The molecule has 1 aliphatic heterocycles. The highest BCUT2D eigenvalue weighted by atomic mass is 16.6. The molecule has 0 aromatic carbocycles. The van der Waals surface area contributed by atoms with Crippen molar-refractivity contribution in [3.8, 4) is 5.88 Å². The molecule has 0 saturated carbocycles. The zero-order valence-corrected chi connectivity index (χ0v) is 12.0. The Hall–Kier alpha value is -2.05. The summed E-state index contributed by atoms with van der Waals surface area (Å²) in [6, 6.07) is -1.36. The van der Waals surface area contributed by atoms with Crippen LogP contribution in [0.25, 0.3) is 0 Å². The lowest BCUT2D eigenvalue weighted by Crippen LogP contribution is -2.57. The minimum Gasteiger partial charge on any atom is -0.494 e. The van der Waals surface area contributed by atoms with Gasteiger partial charge in [-0.15, -0.1) is 0 Å². The lowest BCUT2D eigenvalue weighted by molar-refractivity contribution is -0.248. The van der Waals surface area contributed by atoms with Crippen molar-refractivity contribution < 1.29 is 30.3 Å². The maximum Gasteiger partial charge on any atom is 0.330 e. The predicted molar refractivity (Wildman–Crippen MR) is 75.3 cm³/mol. The van der Waals surface area contributed by atoms with Gasteiger partial charge >= 0.3 is 5.69 Å². The molecule has 1 aromatic rings. The van der Waals surface area contributed by atoms with Gasteiger partial charge in [0.15, 0.2) is 6.29 Å². The first-order chi connectivity index (χ1) is 10.8. The molecule has 1 fully saturated rings. The Labute approximate surface area is 128 Å². The normalized spacial score (nSPS) is 31.6. The number of hydrogen-bond acceptors (Lipinski definition) is 9. The molecule has 1 aliphatic rings. The first kappa shape index (κ1) is 17.3. The highest BCUT2D eigenvalue weighted by molar-refractivity contribution is 5.82. The lowest BCUT2D eigenvalue weighted by Gasteiger charge is -2.38. The molecule has 0 unspecified atom stereocenters. The van der Waals surface area contributed by atoms with E-state index in [1.54, 1.807) is 0 Å². The number of rotatable bonds is 3. The van der Waals surface area contributed by atoms with E-state index in [4.69, 9.17) is 9.84 Å².